The number of nitrogens with zero attached hydrogens (tertiary/aromatic N) is 3. The lowest BCUT2D eigenvalue weighted by atomic mass is 10.3. The molecule has 1 fully saturated rings. The maximum absolute atomic E-state index is 13.0. The van der Waals surface area contributed by atoms with Crippen LogP contribution in [-0.4, -0.2) is 73.7 Å². The highest BCUT2D eigenvalue weighted by molar-refractivity contribution is 8.00. The lowest BCUT2D eigenvalue weighted by molar-refractivity contribution is -0.129. The van der Waals surface area contributed by atoms with E-state index in [0.29, 0.717) is 47.9 Å². The number of hydrogen-bond donors (Lipinski definition) is 0. The molecular formula is C19H20ClN3O5S2. The number of carbonyl (C=O) groups excluding carboxylic acids is 1. The Kier molecular flexibility index (Phi) is 6.37. The largest absolute Gasteiger partial charge is 0.486 e. The molecule has 8 nitrogen and oxygen atoms in total. The van der Waals surface area contributed by atoms with E-state index in [1.807, 2.05) is 0 Å². The van der Waals surface area contributed by atoms with Crippen LogP contribution in [0, 0.1) is 0 Å². The highest BCUT2D eigenvalue weighted by atomic mass is 35.5. The van der Waals surface area contributed by atoms with Gasteiger partial charge in [-0.15, -0.1) is 0 Å². The molecule has 0 saturated carbocycles. The summed E-state index contributed by atoms with van der Waals surface area (Å²) >= 11 is 7.34. The zero-order valence-electron chi connectivity index (χ0n) is 16.0. The van der Waals surface area contributed by atoms with Crippen molar-refractivity contribution in [3.05, 3.63) is 41.6 Å². The molecule has 1 amide bonds. The summed E-state index contributed by atoms with van der Waals surface area (Å²) in [5.74, 6) is 1.10. The Morgan fingerprint density at radius 1 is 1.10 bits per heavy atom. The quantitative estimate of drug-likeness (QED) is 0.620. The number of fused-ring (bicyclic) bond motifs is 1. The number of carbonyl (C=O) groups is 1. The predicted octanol–water partition coefficient (Wildman–Crippen LogP) is 2.13. The van der Waals surface area contributed by atoms with Crippen LogP contribution >= 0.6 is 23.4 Å². The summed E-state index contributed by atoms with van der Waals surface area (Å²) in [7, 11) is -3.68. The minimum atomic E-state index is -3.68. The van der Waals surface area contributed by atoms with Crippen LogP contribution < -0.4 is 9.47 Å². The fourth-order valence-corrected chi connectivity index (χ4v) is 5.72. The number of sulfonamides is 1. The number of halogens is 1. The molecule has 0 N–H and O–H groups in total. The van der Waals surface area contributed by atoms with E-state index in [9.17, 15) is 13.2 Å². The molecule has 1 aromatic heterocycles. The third-order valence-electron chi connectivity index (χ3n) is 4.80. The second-order valence-electron chi connectivity index (χ2n) is 6.67. The number of amides is 1. The van der Waals surface area contributed by atoms with Crippen LogP contribution in [0.25, 0.3) is 0 Å². The molecule has 0 bridgehead atoms. The van der Waals surface area contributed by atoms with Gasteiger partial charge in [-0.1, -0.05) is 23.4 Å². The van der Waals surface area contributed by atoms with Crippen LogP contribution in [0.4, 0.5) is 0 Å². The van der Waals surface area contributed by atoms with Gasteiger partial charge >= 0.3 is 0 Å². The van der Waals surface area contributed by atoms with Gasteiger partial charge in [0.1, 0.15) is 18.2 Å². The highest BCUT2D eigenvalue weighted by Gasteiger charge is 2.31. The Labute approximate surface area is 184 Å². The SMILES string of the molecule is O=C(CSc1ncccc1Cl)N1CCN(S(=O)(=O)c2ccc3c(c2)OCCO3)CC1. The molecule has 1 saturated heterocycles. The van der Waals surface area contributed by atoms with Gasteiger partial charge in [0.25, 0.3) is 0 Å². The Balaban J connectivity index is 1.35. The van der Waals surface area contributed by atoms with Gasteiger partial charge in [0.2, 0.25) is 15.9 Å². The van der Waals surface area contributed by atoms with Crippen molar-refractivity contribution >= 4 is 39.3 Å². The van der Waals surface area contributed by atoms with Crippen molar-refractivity contribution in [2.45, 2.75) is 9.92 Å². The Hall–Kier alpha value is -2.01. The summed E-state index contributed by atoms with van der Waals surface area (Å²) in [6, 6.07) is 8.09. The van der Waals surface area contributed by atoms with Gasteiger partial charge in [-0.25, -0.2) is 13.4 Å². The maximum atomic E-state index is 13.0. The number of thioether (sulfide) groups is 1. The van der Waals surface area contributed by atoms with Crippen LogP contribution in [0.2, 0.25) is 5.02 Å². The normalized spacial score (nSPS) is 17.0. The number of piperazine rings is 1. The molecule has 1 aromatic carbocycles. The fraction of sp³-hybridized carbons (Fsp3) is 0.368. The van der Waals surface area contributed by atoms with Crippen LogP contribution in [0.1, 0.15) is 0 Å². The van der Waals surface area contributed by atoms with E-state index in [2.05, 4.69) is 4.98 Å². The van der Waals surface area contributed by atoms with E-state index >= 15 is 0 Å². The third-order valence-corrected chi connectivity index (χ3v) is 8.10. The van der Waals surface area contributed by atoms with Crippen molar-refractivity contribution in [1.29, 1.82) is 0 Å². The Bertz CT molecular complexity index is 1040. The van der Waals surface area contributed by atoms with E-state index in [4.69, 9.17) is 21.1 Å². The Morgan fingerprint density at radius 2 is 1.83 bits per heavy atom. The summed E-state index contributed by atoms with van der Waals surface area (Å²) in [5, 5.41) is 1.11. The highest BCUT2D eigenvalue weighted by Crippen LogP contribution is 2.33. The number of rotatable bonds is 5. The summed E-state index contributed by atoms with van der Waals surface area (Å²) in [4.78, 5) is 18.5. The minimum absolute atomic E-state index is 0.0712. The van der Waals surface area contributed by atoms with Crippen LogP contribution in [0.3, 0.4) is 0 Å². The predicted molar refractivity (Wildman–Crippen MR) is 113 cm³/mol. The molecule has 11 heteroatoms. The third kappa shape index (κ3) is 4.51. The Morgan fingerprint density at radius 3 is 2.57 bits per heavy atom. The van der Waals surface area contributed by atoms with Gasteiger partial charge in [0, 0.05) is 38.4 Å². The first-order valence-corrected chi connectivity index (χ1v) is 12.2. The molecular weight excluding hydrogens is 450 g/mol. The molecule has 3 heterocycles. The first-order chi connectivity index (χ1) is 14.4. The van der Waals surface area contributed by atoms with E-state index in [0.717, 1.165) is 0 Å². The maximum Gasteiger partial charge on any atom is 0.243 e. The first-order valence-electron chi connectivity index (χ1n) is 9.36. The molecule has 2 aromatic rings. The average molecular weight is 470 g/mol. The number of benzene rings is 1. The van der Waals surface area contributed by atoms with Crippen molar-refractivity contribution in [2.75, 3.05) is 45.1 Å². The molecule has 4 rings (SSSR count). The van der Waals surface area contributed by atoms with E-state index < -0.39 is 10.0 Å². The van der Waals surface area contributed by atoms with Crippen LogP contribution in [-0.2, 0) is 14.8 Å². The first kappa shape index (κ1) is 21.2. The number of aromatic nitrogens is 1. The lowest BCUT2D eigenvalue weighted by Crippen LogP contribution is -2.50. The van der Waals surface area contributed by atoms with Gasteiger partial charge in [-0.2, -0.15) is 4.31 Å². The molecule has 0 radical (unpaired) electrons. The molecule has 2 aliphatic rings. The van der Waals surface area contributed by atoms with Crippen molar-refractivity contribution in [2.24, 2.45) is 0 Å². The van der Waals surface area contributed by atoms with E-state index in [-0.39, 0.29) is 29.6 Å². The summed E-state index contributed by atoms with van der Waals surface area (Å²) in [6.07, 6.45) is 1.63. The summed E-state index contributed by atoms with van der Waals surface area (Å²) in [6.45, 7) is 1.96. The number of ether oxygens (including phenoxy) is 2. The van der Waals surface area contributed by atoms with Crippen LogP contribution in [0.5, 0.6) is 11.5 Å². The fourth-order valence-electron chi connectivity index (χ4n) is 3.21. The van der Waals surface area contributed by atoms with E-state index in [1.54, 1.807) is 29.3 Å². The van der Waals surface area contributed by atoms with Crippen LogP contribution in [0.15, 0.2) is 46.5 Å². The second kappa shape index (κ2) is 9.01. The molecule has 2 aliphatic heterocycles. The molecule has 30 heavy (non-hydrogen) atoms. The molecule has 0 aliphatic carbocycles. The van der Waals surface area contributed by atoms with Crippen molar-refractivity contribution < 1.29 is 22.7 Å². The van der Waals surface area contributed by atoms with Gasteiger partial charge in [0.15, 0.2) is 11.5 Å². The van der Waals surface area contributed by atoms with Gasteiger partial charge in [-0.3, -0.25) is 4.79 Å². The lowest BCUT2D eigenvalue weighted by Gasteiger charge is -2.34. The summed E-state index contributed by atoms with van der Waals surface area (Å²) in [5.41, 5.74) is 0. The zero-order chi connectivity index (χ0) is 21.1. The average Bonchev–Trinajstić information content (AvgIpc) is 2.78. The smallest absolute Gasteiger partial charge is 0.243 e. The second-order valence-corrected chi connectivity index (χ2v) is 9.98. The van der Waals surface area contributed by atoms with Crippen molar-refractivity contribution in [3.8, 4) is 11.5 Å². The standard InChI is InChI=1S/C19H20ClN3O5S2/c20-15-2-1-5-21-19(15)29-13-18(24)22-6-8-23(9-7-22)30(25,26)14-3-4-16-17(12-14)28-11-10-27-16/h1-5,12H,6-11,13H2. The summed E-state index contributed by atoms with van der Waals surface area (Å²) < 4.78 is 38.3. The number of hydrogen-bond acceptors (Lipinski definition) is 7. The van der Waals surface area contributed by atoms with Gasteiger partial charge in [0.05, 0.1) is 15.7 Å². The van der Waals surface area contributed by atoms with Gasteiger partial charge < -0.3 is 14.4 Å². The zero-order valence-corrected chi connectivity index (χ0v) is 18.4. The monoisotopic (exact) mass is 469 g/mol. The van der Waals surface area contributed by atoms with Crippen molar-refractivity contribution in [1.82, 2.24) is 14.2 Å². The topological polar surface area (TPSA) is 89.0 Å². The van der Waals surface area contributed by atoms with Gasteiger partial charge in [-0.05, 0) is 24.3 Å². The molecule has 0 atom stereocenters. The number of pyridine rings is 1. The molecule has 160 valence electrons. The molecule has 0 unspecified atom stereocenters. The molecule has 0 spiro atoms. The minimum Gasteiger partial charge on any atom is -0.486 e. The van der Waals surface area contributed by atoms with Crippen molar-refractivity contribution in [3.63, 3.8) is 0 Å². The van der Waals surface area contributed by atoms with E-state index in [1.165, 1.54) is 28.2 Å².